The molecule has 18 heavy (non-hydrogen) atoms. The van der Waals surface area contributed by atoms with Crippen molar-refractivity contribution in [2.45, 2.75) is 41.6 Å². The van der Waals surface area contributed by atoms with Gasteiger partial charge in [-0.3, -0.25) is 4.79 Å². The van der Waals surface area contributed by atoms with Gasteiger partial charge in [0.25, 0.3) is 0 Å². The van der Waals surface area contributed by atoms with Gasteiger partial charge in [-0.05, 0) is 18.6 Å². The molecule has 0 spiro atoms. The number of amides is 1. The SMILES string of the molecule is CCSc1nnc(S[C@H](C)C(=O)NCC(C)C)s1. The van der Waals surface area contributed by atoms with Crippen molar-refractivity contribution in [1.82, 2.24) is 15.5 Å². The summed E-state index contributed by atoms with van der Waals surface area (Å²) < 4.78 is 1.83. The molecule has 0 aliphatic heterocycles. The highest BCUT2D eigenvalue weighted by molar-refractivity contribution is 8.03. The zero-order valence-electron chi connectivity index (χ0n) is 11.1. The van der Waals surface area contributed by atoms with Gasteiger partial charge in [0.1, 0.15) is 0 Å². The van der Waals surface area contributed by atoms with Crippen LogP contribution < -0.4 is 5.32 Å². The second kappa shape index (κ2) is 8.01. The van der Waals surface area contributed by atoms with Crippen LogP contribution in [0.15, 0.2) is 8.68 Å². The van der Waals surface area contributed by atoms with Gasteiger partial charge in [-0.1, -0.05) is 55.6 Å². The lowest BCUT2D eigenvalue weighted by Crippen LogP contribution is -2.33. The lowest BCUT2D eigenvalue weighted by molar-refractivity contribution is -0.120. The van der Waals surface area contributed by atoms with Crippen molar-refractivity contribution in [3.63, 3.8) is 0 Å². The van der Waals surface area contributed by atoms with Gasteiger partial charge >= 0.3 is 0 Å². The Balaban J connectivity index is 2.42. The molecule has 4 nitrogen and oxygen atoms in total. The summed E-state index contributed by atoms with van der Waals surface area (Å²) in [6.07, 6.45) is 0. The van der Waals surface area contributed by atoms with Gasteiger partial charge in [0.05, 0.1) is 5.25 Å². The Kier molecular flexibility index (Phi) is 7.03. The highest BCUT2D eigenvalue weighted by atomic mass is 32.2. The average molecular weight is 305 g/mol. The zero-order chi connectivity index (χ0) is 13.5. The van der Waals surface area contributed by atoms with Crippen LogP contribution in [-0.4, -0.2) is 33.7 Å². The molecule has 0 fully saturated rings. The molecule has 1 aromatic rings. The van der Waals surface area contributed by atoms with E-state index in [4.69, 9.17) is 0 Å². The first-order valence-electron chi connectivity index (χ1n) is 5.93. The van der Waals surface area contributed by atoms with Crippen LogP contribution in [-0.2, 0) is 4.79 Å². The second-order valence-corrected chi connectivity index (χ2v) is 8.24. The first-order chi connectivity index (χ1) is 8.52. The monoisotopic (exact) mass is 305 g/mol. The van der Waals surface area contributed by atoms with Gasteiger partial charge in [-0.25, -0.2) is 0 Å². The van der Waals surface area contributed by atoms with Crippen LogP contribution in [0.25, 0.3) is 0 Å². The number of carbonyl (C=O) groups excluding carboxylic acids is 1. The van der Waals surface area contributed by atoms with E-state index in [0.29, 0.717) is 5.92 Å². The first kappa shape index (κ1) is 15.8. The quantitative estimate of drug-likeness (QED) is 0.785. The van der Waals surface area contributed by atoms with Crippen molar-refractivity contribution in [2.75, 3.05) is 12.3 Å². The van der Waals surface area contributed by atoms with E-state index in [1.807, 2.05) is 6.92 Å². The average Bonchev–Trinajstić information content (AvgIpc) is 2.73. The number of aromatic nitrogens is 2. The summed E-state index contributed by atoms with van der Waals surface area (Å²) >= 11 is 4.70. The molecule has 102 valence electrons. The summed E-state index contributed by atoms with van der Waals surface area (Å²) in [7, 11) is 0. The fourth-order valence-electron chi connectivity index (χ4n) is 1.08. The van der Waals surface area contributed by atoms with Crippen LogP contribution in [0.2, 0.25) is 0 Å². The zero-order valence-corrected chi connectivity index (χ0v) is 13.5. The summed E-state index contributed by atoms with van der Waals surface area (Å²) in [5.41, 5.74) is 0. The Labute approximate surface area is 121 Å². The van der Waals surface area contributed by atoms with Crippen molar-refractivity contribution in [1.29, 1.82) is 0 Å². The van der Waals surface area contributed by atoms with E-state index in [-0.39, 0.29) is 11.2 Å². The topological polar surface area (TPSA) is 54.9 Å². The molecule has 0 bridgehead atoms. The maximum Gasteiger partial charge on any atom is 0.233 e. The molecule has 0 aromatic carbocycles. The van der Waals surface area contributed by atoms with E-state index in [0.717, 1.165) is 21.0 Å². The standard InChI is InChI=1S/C11H19N3OS3/c1-5-16-10-13-14-11(18-10)17-8(4)9(15)12-6-7(2)3/h7-8H,5-6H2,1-4H3,(H,12,15)/t8-/m1/s1. The largest absolute Gasteiger partial charge is 0.355 e. The van der Waals surface area contributed by atoms with Crippen molar-refractivity contribution < 1.29 is 4.79 Å². The number of nitrogens with zero attached hydrogens (tertiary/aromatic N) is 2. The van der Waals surface area contributed by atoms with Crippen molar-refractivity contribution >= 4 is 40.8 Å². The Bertz CT molecular complexity index is 381. The maximum atomic E-state index is 11.8. The molecule has 7 heteroatoms. The third-order valence-corrected chi connectivity index (χ3v) is 5.11. The predicted octanol–water partition coefficient (Wildman–Crippen LogP) is 2.90. The Morgan fingerprint density at radius 3 is 2.61 bits per heavy atom. The van der Waals surface area contributed by atoms with Crippen LogP contribution >= 0.6 is 34.9 Å². The van der Waals surface area contributed by atoms with Crippen LogP contribution in [0, 0.1) is 5.92 Å². The van der Waals surface area contributed by atoms with Crippen LogP contribution in [0.5, 0.6) is 0 Å². The number of thioether (sulfide) groups is 2. The minimum atomic E-state index is -0.129. The smallest absolute Gasteiger partial charge is 0.233 e. The van der Waals surface area contributed by atoms with E-state index < -0.39 is 0 Å². The molecule has 1 N–H and O–H groups in total. The number of hydrogen-bond acceptors (Lipinski definition) is 6. The molecule has 0 aliphatic rings. The van der Waals surface area contributed by atoms with E-state index in [1.54, 1.807) is 23.1 Å². The number of rotatable bonds is 7. The van der Waals surface area contributed by atoms with Crippen LogP contribution in [0.3, 0.4) is 0 Å². The first-order valence-corrected chi connectivity index (χ1v) is 8.61. The van der Waals surface area contributed by atoms with Gasteiger partial charge in [0, 0.05) is 6.54 Å². The molecule has 0 unspecified atom stereocenters. The fraction of sp³-hybridized carbons (Fsp3) is 0.727. The van der Waals surface area contributed by atoms with E-state index >= 15 is 0 Å². The molecule has 0 aliphatic carbocycles. The molecule has 1 atom stereocenters. The third kappa shape index (κ3) is 5.58. The number of hydrogen-bond donors (Lipinski definition) is 1. The third-order valence-electron chi connectivity index (χ3n) is 1.99. The molecule has 0 saturated carbocycles. The van der Waals surface area contributed by atoms with E-state index in [1.165, 1.54) is 11.8 Å². The van der Waals surface area contributed by atoms with E-state index in [2.05, 4.69) is 36.3 Å². The lowest BCUT2D eigenvalue weighted by atomic mass is 10.2. The van der Waals surface area contributed by atoms with Gasteiger partial charge < -0.3 is 5.32 Å². The number of nitrogens with one attached hydrogen (secondary N) is 1. The molecule has 1 rings (SSSR count). The van der Waals surface area contributed by atoms with Gasteiger partial charge in [-0.15, -0.1) is 10.2 Å². The lowest BCUT2D eigenvalue weighted by Gasteiger charge is -2.11. The van der Waals surface area contributed by atoms with Crippen molar-refractivity contribution in [2.24, 2.45) is 5.92 Å². The number of carbonyl (C=O) groups is 1. The fourth-order valence-corrected chi connectivity index (χ4v) is 4.17. The highest BCUT2D eigenvalue weighted by Crippen LogP contribution is 2.30. The Morgan fingerprint density at radius 1 is 1.33 bits per heavy atom. The minimum Gasteiger partial charge on any atom is -0.355 e. The van der Waals surface area contributed by atoms with E-state index in [9.17, 15) is 4.79 Å². The minimum absolute atomic E-state index is 0.0635. The highest BCUT2D eigenvalue weighted by Gasteiger charge is 2.17. The Hall–Kier alpha value is -0.270. The van der Waals surface area contributed by atoms with Crippen LogP contribution in [0.1, 0.15) is 27.7 Å². The normalized spacial score (nSPS) is 12.7. The second-order valence-electron chi connectivity index (χ2n) is 4.17. The predicted molar refractivity (Wildman–Crippen MR) is 79.5 cm³/mol. The summed E-state index contributed by atoms with van der Waals surface area (Å²) in [4.78, 5) is 11.8. The molecule has 0 radical (unpaired) electrons. The maximum absolute atomic E-state index is 11.8. The summed E-state index contributed by atoms with van der Waals surface area (Å²) in [6, 6.07) is 0. The van der Waals surface area contributed by atoms with Crippen molar-refractivity contribution in [3.8, 4) is 0 Å². The van der Waals surface area contributed by atoms with Gasteiger partial charge in [0.2, 0.25) is 5.91 Å². The van der Waals surface area contributed by atoms with Gasteiger partial charge in [-0.2, -0.15) is 0 Å². The summed E-state index contributed by atoms with van der Waals surface area (Å²) in [6.45, 7) is 8.86. The molecular weight excluding hydrogens is 286 g/mol. The summed E-state index contributed by atoms with van der Waals surface area (Å²) in [5.74, 6) is 1.53. The molecular formula is C11H19N3OS3. The Morgan fingerprint density at radius 2 is 2.00 bits per heavy atom. The molecule has 1 aromatic heterocycles. The van der Waals surface area contributed by atoms with Crippen LogP contribution in [0.4, 0.5) is 0 Å². The van der Waals surface area contributed by atoms with Crippen molar-refractivity contribution in [3.05, 3.63) is 0 Å². The summed E-state index contributed by atoms with van der Waals surface area (Å²) in [5, 5.41) is 11.0. The molecule has 1 amide bonds. The molecule has 1 heterocycles. The molecule has 0 saturated heterocycles. The van der Waals surface area contributed by atoms with Gasteiger partial charge in [0.15, 0.2) is 8.68 Å².